The smallest absolute Gasteiger partial charge is 0.379 e. The molecular weight excluding hydrogens is 515 g/mol. The van der Waals surface area contributed by atoms with Crippen molar-refractivity contribution in [2.45, 2.75) is 109 Å². The van der Waals surface area contributed by atoms with Crippen molar-refractivity contribution in [2.24, 2.45) is 0 Å². The summed E-state index contributed by atoms with van der Waals surface area (Å²) in [5.74, 6) is 0.0543. The summed E-state index contributed by atoms with van der Waals surface area (Å²) in [5.41, 5.74) is -0.277. The zero-order valence-corrected chi connectivity index (χ0v) is 23.4. The van der Waals surface area contributed by atoms with Crippen LogP contribution in [0.1, 0.15) is 96.1 Å². The van der Waals surface area contributed by atoms with Crippen molar-refractivity contribution in [3.8, 4) is 5.75 Å². The first-order chi connectivity index (χ1) is 17.9. The molecule has 0 saturated heterocycles. The molecule has 0 N–H and O–H groups in total. The highest BCUT2D eigenvalue weighted by Gasteiger charge is 2.32. The van der Waals surface area contributed by atoms with Gasteiger partial charge in [0.05, 0.1) is 5.56 Å². The lowest BCUT2D eigenvalue weighted by atomic mass is 10.1. The number of benzene rings is 2. The van der Waals surface area contributed by atoms with Crippen molar-refractivity contribution in [2.75, 3.05) is 0 Å². The minimum Gasteiger partial charge on any atom is -0.379 e. The number of halogens is 3. The molecule has 0 radical (unpaired) electrons. The molecule has 0 aromatic heterocycles. The van der Waals surface area contributed by atoms with E-state index in [1.54, 1.807) is 17.0 Å². The molecule has 1 amide bonds. The van der Waals surface area contributed by atoms with Crippen LogP contribution in [-0.2, 0) is 27.6 Å². The van der Waals surface area contributed by atoms with E-state index in [0.29, 0.717) is 19.0 Å². The number of carbonyl (C=O) groups excluding carboxylic acids is 1. The Hall–Kier alpha value is -2.55. The highest BCUT2D eigenvalue weighted by molar-refractivity contribution is 7.87. The lowest BCUT2D eigenvalue weighted by molar-refractivity contribution is -0.137. The Labute approximate surface area is 225 Å². The van der Waals surface area contributed by atoms with Gasteiger partial charge in [0, 0.05) is 19.0 Å². The highest BCUT2D eigenvalue weighted by Crippen LogP contribution is 2.31. The number of alkyl halides is 3. The summed E-state index contributed by atoms with van der Waals surface area (Å²) in [7, 11) is -4.45. The minimum absolute atomic E-state index is 0.00159. The molecule has 0 spiro atoms. The molecule has 5 nitrogen and oxygen atoms in total. The van der Waals surface area contributed by atoms with Gasteiger partial charge in [-0.05, 0) is 56.2 Å². The summed E-state index contributed by atoms with van der Waals surface area (Å²) in [4.78, 5) is 14.1. The van der Waals surface area contributed by atoms with E-state index in [9.17, 15) is 26.4 Å². The summed E-state index contributed by atoms with van der Waals surface area (Å²) in [6, 6.07) is 9.59. The number of nitrogens with zero attached hydrogens (tertiary/aromatic N) is 1. The lowest BCUT2D eigenvalue weighted by Gasteiger charge is -2.27. The average molecular weight is 556 g/mol. The van der Waals surface area contributed by atoms with E-state index < -0.39 is 26.8 Å². The first-order valence-electron chi connectivity index (χ1n) is 13.4. The fourth-order valence-corrected chi connectivity index (χ4v) is 5.12. The molecule has 0 unspecified atom stereocenters. The van der Waals surface area contributed by atoms with Gasteiger partial charge < -0.3 is 9.08 Å². The number of unbranched alkanes of at least 4 members (excludes halogenated alkanes) is 8. The number of rotatable bonds is 16. The van der Waals surface area contributed by atoms with Crippen molar-refractivity contribution >= 4 is 16.0 Å². The van der Waals surface area contributed by atoms with Gasteiger partial charge in [0.15, 0.2) is 0 Å². The van der Waals surface area contributed by atoms with Gasteiger partial charge in [0.25, 0.3) is 0 Å². The molecule has 38 heavy (non-hydrogen) atoms. The number of hydrogen-bond donors (Lipinski definition) is 0. The molecule has 0 bridgehead atoms. The molecule has 212 valence electrons. The Morgan fingerprint density at radius 3 is 2.03 bits per heavy atom. The van der Waals surface area contributed by atoms with Crippen molar-refractivity contribution < 1.29 is 30.6 Å². The Balaban J connectivity index is 1.89. The summed E-state index contributed by atoms with van der Waals surface area (Å²) in [6.45, 7) is 6.48. The first-order valence-corrected chi connectivity index (χ1v) is 14.8. The van der Waals surface area contributed by atoms with Crippen LogP contribution in [0, 0.1) is 0 Å². The van der Waals surface area contributed by atoms with Crippen molar-refractivity contribution in [3.63, 3.8) is 0 Å². The monoisotopic (exact) mass is 555 g/mol. The normalized spacial score (nSPS) is 12.1. The maximum atomic E-state index is 12.9. The highest BCUT2D eigenvalue weighted by atomic mass is 32.2. The second-order valence-corrected chi connectivity index (χ2v) is 11.4. The van der Waals surface area contributed by atoms with Crippen molar-refractivity contribution in [1.82, 2.24) is 4.90 Å². The van der Waals surface area contributed by atoms with Crippen LogP contribution in [0.15, 0.2) is 53.4 Å². The molecule has 9 heteroatoms. The van der Waals surface area contributed by atoms with E-state index in [4.69, 9.17) is 4.18 Å². The van der Waals surface area contributed by atoms with Crippen LogP contribution in [0.3, 0.4) is 0 Å². The standard InChI is InChI=1S/C29H40F3NO4S/c1-4-5-6-7-8-9-10-11-12-16-28(34)33(23(2)3)22-24-17-19-26(20-18-24)37-38(35,36)27-15-13-14-25(21-27)29(30,31)32/h13-15,17-21,23H,4-12,16,22H2,1-3H3. The Kier molecular flexibility index (Phi) is 12.6. The van der Waals surface area contributed by atoms with Crippen LogP contribution in [0.25, 0.3) is 0 Å². The van der Waals surface area contributed by atoms with Crippen LogP contribution >= 0.6 is 0 Å². The third kappa shape index (κ3) is 10.7. The molecule has 0 aliphatic carbocycles. The maximum Gasteiger partial charge on any atom is 0.416 e. The van der Waals surface area contributed by atoms with Gasteiger partial charge in [-0.3, -0.25) is 4.79 Å². The quantitative estimate of drug-likeness (QED) is 0.155. The molecule has 0 saturated carbocycles. The van der Waals surface area contributed by atoms with Gasteiger partial charge in [0.1, 0.15) is 10.6 Å². The zero-order valence-electron chi connectivity index (χ0n) is 22.6. The van der Waals surface area contributed by atoms with Gasteiger partial charge in [-0.25, -0.2) is 0 Å². The molecule has 0 aliphatic heterocycles. The van der Waals surface area contributed by atoms with Crippen molar-refractivity contribution in [1.29, 1.82) is 0 Å². The van der Waals surface area contributed by atoms with Crippen LogP contribution in [-0.4, -0.2) is 25.3 Å². The molecule has 0 heterocycles. The topological polar surface area (TPSA) is 63.7 Å². The van der Waals surface area contributed by atoms with E-state index in [1.165, 1.54) is 50.7 Å². The van der Waals surface area contributed by atoms with Gasteiger partial charge in [0.2, 0.25) is 5.91 Å². The second kappa shape index (κ2) is 15.1. The molecule has 2 rings (SSSR count). The molecule has 2 aromatic carbocycles. The minimum atomic E-state index is -4.67. The van der Waals surface area contributed by atoms with Crippen LogP contribution < -0.4 is 4.18 Å². The third-order valence-corrected chi connectivity index (χ3v) is 7.61. The largest absolute Gasteiger partial charge is 0.416 e. The first kappa shape index (κ1) is 31.7. The van der Waals surface area contributed by atoms with Gasteiger partial charge in [-0.15, -0.1) is 0 Å². The summed E-state index contributed by atoms with van der Waals surface area (Å²) in [5, 5.41) is 0. The van der Waals surface area contributed by atoms with E-state index >= 15 is 0 Å². The van der Waals surface area contributed by atoms with E-state index in [2.05, 4.69) is 6.92 Å². The second-order valence-electron chi connectivity index (χ2n) is 9.90. The van der Waals surface area contributed by atoms with Crippen LogP contribution in [0.5, 0.6) is 5.75 Å². The number of carbonyl (C=O) groups is 1. The number of amides is 1. The molecule has 2 aromatic rings. The number of hydrogen-bond acceptors (Lipinski definition) is 4. The third-order valence-electron chi connectivity index (χ3n) is 6.37. The molecule has 0 atom stereocenters. The van der Waals surface area contributed by atoms with E-state index in [-0.39, 0.29) is 17.7 Å². The average Bonchev–Trinajstić information content (AvgIpc) is 2.86. The predicted molar refractivity (Wildman–Crippen MR) is 143 cm³/mol. The summed E-state index contributed by atoms with van der Waals surface area (Å²) in [6.07, 6.45) is 6.47. The fourth-order valence-electron chi connectivity index (χ4n) is 4.14. The SMILES string of the molecule is CCCCCCCCCCCC(=O)N(Cc1ccc(OS(=O)(=O)c2cccc(C(F)(F)F)c2)cc1)C(C)C. The van der Waals surface area contributed by atoms with Crippen LogP contribution in [0.2, 0.25) is 0 Å². The fraction of sp³-hybridized carbons (Fsp3) is 0.552. The molecule has 0 fully saturated rings. The van der Waals surface area contributed by atoms with E-state index in [0.717, 1.165) is 43.0 Å². The van der Waals surface area contributed by atoms with Crippen molar-refractivity contribution in [3.05, 3.63) is 59.7 Å². The Bertz CT molecular complexity index is 1100. The van der Waals surface area contributed by atoms with Gasteiger partial charge >= 0.3 is 16.3 Å². The molecule has 0 aliphatic rings. The Morgan fingerprint density at radius 1 is 0.895 bits per heavy atom. The van der Waals surface area contributed by atoms with E-state index in [1.807, 2.05) is 13.8 Å². The van der Waals surface area contributed by atoms with Gasteiger partial charge in [-0.2, -0.15) is 21.6 Å². The summed E-state index contributed by atoms with van der Waals surface area (Å²) < 4.78 is 68.9. The van der Waals surface area contributed by atoms with Gasteiger partial charge in [-0.1, -0.05) is 76.5 Å². The summed E-state index contributed by atoms with van der Waals surface area (Å²) >= 11 is 0. The Morgan fingerprint density at radius 2 is 1.47 bits per heavy atom. The predicted octanol–water partition coefficient (Wildman–Crippen LogP) is 8.13. The maximum absolute atomic E-state index is 12.9. The zero-order chi connectivity index (χ0) is 28.2. The van der Waals surface area contributed by atoms with Crippen LogP contribution in [0.4, 0.5) is 13.2 Å². The lowest BCUT2D eigenvalue weighted by Crippen LogP contribution is -2.36. The molecular formula is C29H40F3NO4S.